The van der Waals surface area contributed by atoms with Crippen LogP contribution in [-0.2, 0) is 28.2 Å². The van der Waals surface area contributed by atoms with Crippen molar-refractivity contribution in [1.82, 2.24) is 0 Å². The van der Waals surface area contributed by atoms with Crippen LogP contribution in [0.15, 0.2) is 98.1 Å². The molecular formula is C24H28N4+4. The first-order chi connectivity index (χ1) is 13.5. The van der Waals surface area contributed by atoms with E-state index in [1.54, 1.807) is 0 Å². The Balaban J connectivity index is 0.000000161. The first kappa shape index (κ1) is 19.4. The lowest BCUT2D eigenvalue weighted by Crippen LogP contribution is -2.26. The average molecular weight is 373 g/mol. The number of rotatable bonds is 2. The van der Waals surface area contributed by atoms with Gasteiger partial charge >= 0.3 is 0 Å². The predicted octanol–water partition coefficient (Wildman–Crippen LogP) is 2.01. The van der Waals surface area contributed by atoms with Gasteiger partial charge in [0.2, 0.25) is 0 Å². The zero-order chi connectivity index (χ0) is 19.9. The second kappa shape index (κ2) is 9.00. The molecule has 0 spiro atoms. The SMILES string of the molecule is C[n+]1ccc(-c2cc[n+](C)cc2)cc1.C[n+]1ccc(-c2cc[n+](C)cc2)cc1. The molecule has 0 saturated heterocycles. The molecule has 0 aliphatic rings. The van der Waals surface area contributed by atoms with E-state index >= 15 is 0 Å². The maximum absolute atomic E-state index is 2.12. The van der Waals surface area contributed by atoms with Gasteiger partial charge in [-0.05, 0) is 22.3 Å². The minimum absolute atomic E-state index is 1.25. The molecule has 0 radical (unpaired) electrons. The summed E-state index contributed by atoms with van der Waals surface area (Å²) in [7, 11) is 8.09. The lowest BCUT2D eigenvalue weighted by Gasteiger charge is -1.97. The van der Waals surface area contributed by atoms with Gasteiger partial charge in [0, 0.05) is 48.5 Å². The van der Waals surface area contributed by atoms with Gasteiger partial charge in [-0.1, -0.05) is 0 Å². The molecule has 0 aliphatic carbocycles. The largest absolute Gasteiger partial charge is 0.208 e. The number of hydrogen-bond donors (Lipinski definition) is 0. The molecule has 0 fully saturated rings. The molecule has 4 rings (SSSR count). The van der Waals surface area contributed by atoms with E-state index in [0.29, 0.717) is 0 Å². The van der Waals surface area contributed by atoms with Gasteiger partial charge in [-0.25, -0.2) is 18.3 Å². The van der Waals surface area contributed by atoms with Crippen LogP contribution in [0.3, 0.4) is 0 Å². The van der Waals surface area contributed by atoms with E-state index in [-0.39, 0.29) is 0 Å². The van der Waals surface area contributed by atoms with Crippen LogP contribution in [0.1, 0.15) is 0 Å². The molecule has 28 heavy (non-hydrogen) atoms. The third kappa shape index (κ3) is 5.30. The van der Waals surface area contributed by atoms with Crippen LogP contribution in [0.25, 0.3) is 22.3 Å². The summed E-state index contributed by atoms with van der Waals surface area (Å²) in [6, 6.07) is 17.0. The summed E-state index contributed by atoms with van der Waals surface area (Å²) in [5.74, 6) is 0. The molecule has 0 aromatic carbocycles. The number of aryl methyl sites for hydroxylation is 4. The van der Waals surface area contributed by atoms with Gasteiger partial charge < -0.3 is 0 Å². The topological polar surface area (TPSA) is 15.5 Å². The minimum Gasteiger partial charge on any atom is -0.208 e. The van der Waals surface area contributed by atoms with Gasteiger partial charge in [-0.3, -0.25) is 0 Å². The van der Waals surface area contributed by atoms with Crippen molar-refractivity contribution in [3.8, 4) is 22.3 Å². The second-order valence-electron chi connectivity index (χ2n) is 7.01. The van der Waals surface area contributed by atoms with Gasteiger partial charge in [0.1, 0.15) is 28.2 Å². The van der Waals surface area contributed by atoms with Crippen LogP contribution in [-0.4, -0.2) is 0 Å². The first-order valence-corrected chi connectivity index (χ1v) is 9.33. The van der Waals surface area contributed by atoms with Gasteiger partial charge in [-0.2, -0.15) is 0 Å². The summed E-state index contributed by atoms with van der Waals surface area (Å²) in [5, 5.41) is 0. The monoisotopic (exact) mass is 372 g/mol. The minimum atomic E-state index is 1.25. The Morgan fingerprint density at radius 3 is 0.607 bits per heavy atom. The Bertz CT molecular complexity index is 830. The van der Waals surface area contributed by atoms with Crippen molar-refractivity contribution in [2.24, 2.45) is 28.2 Å². The molecule has 4 nitrogen and oxygen atoms in total. The summed E-state index contributed by atoms with van der Waals surface area (Å²) in [5.41, 5.74) is 5.01. The van der Waals surface area contributed by atoms with Crippen molar-refractivity contribution in [3.05, 3.63) is 98.1 Å². The van der Waals surface area contributed by atoms with Crippen LogP contribution in [0.5, 0.6) is 0 Å². The molecule has 0 saturated carbocycles. The van der Waals surface area contributed by atoms with Crippen molar-refractivity contribution < 1.29 is 18.3 Å². The van der Waals surface area contributed by atoms with E-state index in [1.165, 1.54) is 22.3 Å². The highest BCUT2D eigenvalue weighted by molar-refractivity contribution is 5.61. The maximum Gasteiger partial charge on any atom is 0.169 e. The summed E-state index contributed by atoms with van der Waals surface area (Å²) < 4.78 is 8.14. The Morgan fingerprint density at radius 2 is 0.464 bits per heavy atom. The number of nitrogens with zero attached hydrogens (tertiary/aromatic N) is 4. The van der Waals surface area contributed by atoms with E-state index in [1.807, 2.05) is 46.5 Å². The van der Waals surface area contributed by atoms with Gasteiger partial charge in [-0.15, -0.1) is 0 Å². The Hall–Kier alpha value is -3.40. The van der Waals surface area contributed by atoms with Crippen molar-refractivity contribution in [1.29, 1.82) is 0 Å². The van der Waals surface area contributed by atoms with Crippen molar-refractivity contribution in [2.45, 2.75) is 0 Å². The van der Waals surface area contributed by atoms with E-state index in [0.717, 1.165) is 0 Å². The third-order valence-electron chi connectivity index (χ3n) is 4.58. The zero-order valence-electron chi connectivity index (χ0n) is 17.0. The van der Waals surface area contributed by atoms with Crippen molar-refractivity contribution in [3.63, 3.8) is 0 Å². The lowest BCUT2D eigenvalue weighted by molar-refractivity contribution is -0.671. The fourth-order valence-electron chi connectivity index (χ4n) is 2.77. The summed E-state index contributed by atoms with van der Waals surface area (Å²) in [6.45, 7) is 0. The Labute approximate surface area is 167 Å². The third-order valence-corrected chi connectivity index (χ3v) is 4.58. The fraction of sp³-hybridized carbons (Fsp3) is 0.167. The summed E-state index contributed by atoms with van der Waals surface area (Å²) >= 11 is 0. The first-order valence-electron chi connectivity index (χ1n) is 9.33. The highest BCUT2D eigenvalue weighted by atomic mass is 14.9. The van der Waals surface area contributed by atoms with Gasteiger partial charge in [0.15, 0.2) is 49.6 Å². The number of hydrogen-bond acceptors (Lipinski definition) is 0. The molecule has 4 heterocycles. The Morgan fingerprint density at radius 1 is 0.321 bits per heavy atom. The fourth-order valence-corrected chi connectivity index (χ4v) is 2.77. The smallest absolute Gasteiger partial charge is 0.169 e. The average Bonchev–Trinajstić information content (AvgIpc) is 2.71. The quantitative estimate of drug-likeness (QED) is 0.479. The van der Waals surface area contributed by atoms with Crippen LogP contribution in [0.4, 0.5) is 0 Å². The Kier molecular flexibility index (Phi) is 6.22. The van der Waals surface area contributed by atoms with E-state index in [9.17, 15) is 0 Å². The van der Waals surface area contributed by atoms with Crippen molar-refractivity contribution in [2.75, 3.05) is 0 Å². The predicted molar refractivity (Wildman–Crippen MR) is 108 cm³/mol. The van der Waals surface area contributed by atoms with Crippen molar-refractivity contribution >= 4 is 0 Å². The molecule has 0 amide bonds. The number of pyridine rings is 4. The van der Waals surface area contributed by atoms with Crippen LogP contribution >= 0.6 is 0 Å². The molecule has 0 unspecified atom stereocenters. The van der Waals surface area contributed by atoms with E-state index in [4.69, 9.17) is 0 Å². The van der Waals surface area contributed by atoms with Crippen LogP contribution in [0.2, 0.25) is 0 Å². The molecule has 0 bridgehead atoms. The molecule has 140 valence electrons. The van der Waals surface area contributed by atoms with Gasteiger partial charge in [0.25, 0.3) is 0 Å². The highest BCUT2D eigenvalue weighted by Gasteiger charge is 2.02. The number of aromatic nitrogens is 4. The molecule has 4 aromatic heterocycles. The van der Waals surface area contributed by atoms with Crippen LogP contribution in [0, 0.1) is 0 Å². The molecule has 4 heteroatoms. The molecule has 4 aromatic rings. The molecule has 0 N–H and O–H groups in total. The molecule has 0 atom stereocenters. The van der Waals surface area contributed by atoms with E-state index in [2.05, 4.69) is 98.1 Å². The second-order valence-corrected chi connectivity index (χ2v) is 7.01. The van der Waals surface area contributed by atoms with E-state index < -0.39 is 0 Å². The summed E-state index contributed by atoms with van der Waals surface area (Å²) in [4.78, 5) is 0. The molecular weight excluding hydrogens is 344 g/mol. The van der Waals surface area contributed by atoms with Crippen LogP contribution < -0.4 is 18.3 Å². The standard InChI is InChI=1S/2C12H14N2/c2*1-13-7-3-11(4-8-13)12-5-9-14(2)10-6-12/h2*3-10H,1-2H3/q2*+2. The highest BCUT2D eigenvalue weighted by Crippen LogP contribution is 2.15. The normalized spacial score (nSPS) is 10.1. The van der Waals surface area contributed by atoms with Gasteiger partial charge in [0.05, 0.1) is 0 Å². The zero-order valence-corrected chi connectivity index (χ0v) is 17.0. The molecule has 0 aliphatic heterocycles. The lowest BCUT2D eigenvalue weighted by atomic mass is 10.1. The summed E-state index contributed by atoms with van der Waals surface area (Å²) in [6.07, 6.45) is 16.5. The maximum atomic E-state index is 2.12.